The van der Waals surface area contributed by atoms with Gasteiger partial charge in [0.2, 0.25) is 5.00 Å². The number of hydrogen-bond acceptors (Lipinski definition) is 3. The number of aliphatic imine (C=N–C) groups is 1. The zero-order chi connectivity index (χ0) is 13.0. The second-order valence-electron chi connectivity index (χ2n) is 4.83. The minimum Gasteiger partial charge on any atom is -0.448 e. The molecule has 3 atom stereocenters. The monoisotopic (exact) mass is 283 g/mol. The van der Waals surface area contributed by atoms with Crippen molar-refractivity contribution in [2.45, 2.75) is 29.9 Å². The zero-order valence-corrected chi connectivity index (χ0v) is 11.2. The van der Waals surface area contributed by atoms with Crippen LogP contribution in [0.3, 0.4) is 0 Å². The summed E-state index contributed by atoms with van der Waals surface area (Å²) in [6.45, 7) is 1.78. The van der Waals surface area contributed by atoms with E-state index >= 15 is 0 Å². The predicted molar refractivity (Wildman–Crippen MR) is 70.2 cm³/mol. The van der Waals surface area contributed by atoms with Crippen molar-refractivity contribution in [3.05, 3.63) is 35.9 Å². The van der Waals surface area contributed by atoms with Crippen molar-refractivity contribution in [2.24, 2.45) is 4.99 Å². The number of halogens is 2. The smallest absolute Gasteiger partial charge is 0.350 e. The number of nitrogens with zero attached hydrogens (tertiary/aromatic N) is 1. The number of carbonyl (C=O) groups is 1. The molecule has 1 saturated heterocycles. The molecule has 1 aromatic carbocycles. The third-order valence-corrected chi connectivity index (χ3v) is 4.50. The SMILES string of the molecule is C[C@@]12OC(=O)[C@@](Cl)(C[C@H]1c1ccccc1)N=C2Cl. The summed E-state index contributed by atoms with van der Waals surface area (Å²) in [6.07, 6.45) is 0.407. The molecule has 2 bridgehead atoms. The number of alkyl halides is 1. The number of rotatable bonds is 1. The number of ether oxygens (including phenoxy) is 1. The van der Waals surface area contributed by atoms with Crippen molar-refractivity contribution in [1.82, 2.24) is 0 Å². The van der Waals surface area contributed by atoms with Gasteiger partial charge in [0, 0.05) is 12.3 Å². The molecule has 0 unspecified atom stereocenters. The van der Waals surface area contributed by atoms with Gasteiger partial charge in [0.25, 0.3) is 0 Å². The average molecular weight is 284 g/mol. The van der Waals surface area contributed by atoms with E-state index in [1.165, 1.54) is 0 Å². The topological polar surface area (TPSA) is 38.7 Å². The fourth-order valence-corrected chi connectivity index (χ4v) is 3.19. The minimum atomic E-state index is -1.37. The lowest BCUT2D eigenvalue weighted by atomic mass is 9.75. The highest BCUT2D eigenvalue weighted by Gasteiger charge is 2.61. The van der Waals surface area contributed by atoms with Gasteiger partial charge in [-0.15, -0.1) is 0 Å². The van der Waals surface area contributed by atoms with E-state index in [0.29, 0.717) is 6.42 Å². The minimum absolute atomic E-state index is 0.0705. The lowest BCUT2D eigenvalue weighted by Crippen LogP contribution is -2.60. The number of carbonyl (C=O) groups excluding carboxylic acids is 1. The summed E-state index contributed by atoms with van der Waals surface area (Å²) in [7, 11) is 0. The Bertz CT molecular complexity index is 545. The van der Waals surface area contributed by atoms with Gasteiger partial charge in [-0.2, -0.15) is 0 Å². The quantitative estimate of drug-likeness (QED) is 0.451. The molecule has 0 amide bonds. The highest BCUT2D eigenvalue weighted by molar-refractivity contribution is 6.68. The van der Waals surface area contributed by atoms with E-state index in [0.717, 1.165) is 5.56 Å². The van der Waals surface area contributed by atoms with Crippen LogP contribution in [0.15, 0.2) is 35.3 Å². The molecule has 1 aromatic rings. The molecule has 5 heteroatoms. The predicted octanol–water partition coefficient (Wildman–Crippen LogP) is 3.06. The summed E-state index contributed by atoms with van der Waals surface area (Å²) < 4.78 is 5.42. The molecule has 0 spiro atoms. The molecule has 0 aromatic heterocycles. The van der Waals surface area contributed by atoms with Crippen LogP contribution in [-0.4, -0.2) is 21.7 Å². The molecular formula is C13H11Cl2NO2. The van der Waals surface area contributed by atoms with Crippen LogP contribution in [0.1, 0.15) is 24.8 Å². The van der Waals surface area contributed by atoms with Crippen LogP contribution in [0, 0.1) is 0 Å². The molecule has 3 aliphatic rings. The first-order valence-electron chi connectivity index (χ1n) is 5.69. The first kappa shape index (κ1) is 12.0. The summed E-state index contributed by atoms with van der Waals surface area (Å²) in [5.74, 6) is -0.581. The van der Waals surface area contributed by atoms with E-state index in [1.54, 1.807) is 6.92 Å². The van der Waals surface area contributed by atoms with Crippen molar-refractivity contribution >= 4 is 34.3 Å². The molecule has 18 heavy (non-hydrogen) atoms. The standard InChI is InChI=1S/C13H11Cl2NO2/c1-12-9(8-5-3-2-4-6-8)7-13(15,11(17)18-12)16-10(12)14/h2-6,9H,7H2,1H3/t9-,12+,13+/m0/s1. The molecule has 3 nitrogen and oxygen atoms in total. The summed E-state index contributed by atoms with van der Waals surface area (Å²) in [4.78, 5) is 14.5. The van der Waals surface area contributed by atoms with Crippen LogP contribution < -0.4 is 0 Å². The van der Waals surface area contributed by atoms with Gasteiger partial charge >= 0.3 is 5.97 Å². The first-order valence-corrected chi connectivity index (χ1v) is 6.44. The van der Waals surface area contributed by atoms with Gasteiger partial charge < -0.3 is 4.74 Å². The Morgan fingerprint density at radius 2 is 2.06 bits per heavy atom. The maximum Gasteiger partial charge on any atom is 0.350 e. The van der Waals surface area contributed by atoms with Crippen molar-refractivity contribution in [1.29, 1.82) is 0 Å². The van der Waals surface area contributed by atoms with Crippen molar-refractivity contribution in [3.8, 4) is 0 Å². The third kappa shape index (κ3) is 1.50. The summed E-state index contributed by atoms with van der Waals surface area (Å²) in [6, 6.07) is 9.78. The summed E-state index contributed by atoms with van der Waals surface area (Å²) in [5, 5.41) is 0.261. The molecule has 0 saturated carbocycles. The molecule has 0 aliphatic carbocycles. The van der Waals surface area contributed by atoms with Crippen molar-refractivity contribution < 1.29 is 9.53 Å². The van der Waals surface area contributed by atoms with Crippen LogP contribution in [0.25, 0.3) is 0 Å². The summed E-state index contributed by atoms with van der Waals surface area (Å²) in [5.41, 5.74) is 0.141. The van der Waals surface area contributed by atoms with Gasteiger partial charge in [-0.25, -0.2) is 9.79 Å². The Kier molecular flexibility index (Phi) is 2.48. The maximum absolute atomic E-state index is 11.8. The number of esters is 1. The van der Waals surface area contributed by atoms with Crippen LogP contribution in [0.2, 0.25) is 0 Å². The van der Waals surface area contributed by atoms with E-state index in [1.807, 2.05) is 30.3 Å². The Morgan fingerprint density at radius 1 is 1.39 bits per heavy atom. The van der Waals surface area contributed by atoms with Crippen molar-refractivity contribution in [3.63, 3.8) is 0 Å². The average Bonchev–Trinajstić information content (AvgIpc) is 2.34. The molecule has 94 valence electrons. The largest absolute Gasteiger partial charge is 0.448 e. The van der Waals surface area contributed by atoms with Gasteiger partial charge in [-0.1, -0.05) is 53.5 Å². The van der Waals surface area contributed by atoms with E-state index in [4.69, 9.17) is 27.9 Å². The molecule has 0 N–H and O–H groups in total. The second kappa shape index (κ2) is 3.72. The Labute approximate surface area is 115 Å². The van der Waals surface area contributed by atoms with E-state index < -0.39 is 16.6 Å². The second-order valence-corrected chi connectivity index (χ2v) is 5.81. The number of hydrogen-bond donors (Lipinski definition) is 0. The van der Waals surface area contributed by atoms with Crippen molar-refractivity contribution in [2.75, 3.05) is 0 Å². The first-order chi connectivity index (χ1) is 8.46. The Balaban J connectivity index is 2.11. The molecule has 3 heterocycles. The summed E-state index contributed by atoms with van der Waals surface area (Å²) >= 11 is 12.3. The van der Waals surface area contributed by atoms with Gasteiger partial charge in [0.1, 0.15) is 5.17 Å². The number of fused-ring (bicyclic) bond motifs is 2. The lowest BCUT2D eigenvalue weighted by molar-refractivity contribution is -0.166. The van der Waals surface area contributed by atoms with Crippen LogP contribution >= 0.6 is 23.2 Å². The normalized spacial score (nSPS) is 38.3. The van der Waals surface area contributed by atoms with Gasteiger partial charge in [0.15, 0.2) is 5.60 Å². The van der Waals surface area contributed by atoms with Gasteiger partial charge in [-0.3, -0.25) is 0 Å². The van der Waals surface area contributed by atoms with E-state index in [2.05, 4.69) is 4.99 Å². The molecule has 3 aliphatic heterocycles. The molecule has 0 radical (unpaired) electrons. The fourth-order valence-electron chi connectivity index (χ4n) is 2.56. The molecule has 1 fully saturated rings. The highest BCUT2D eigenvalue weighted by Crippen LogP contribution is 2.51. The van der Waals surface area contributed by atoms with E-state index in [9.17, 15) is 4.79 Å². The van der Waals surface area contributed by atoms with Crippen LogP contribution in [0.5, 0.6) is 0 Å². The van der Waals surface area contributed by atoms with Crippen LogP contribution in [0.4, 0.5) is 0 Å². The maximum atomic E-state index is 11.8. The van der Waals surface area contributed by atoms with Gasteiger partial charge in [-0.05, 0) is 12.5 Å². The zero-order valence-electron chi connectivity index (χ0n) is 9.69. The van der Waals surface area contributed by atoms with E-state index in [-0.39, 0.29) is 11.1 Å². The lowest BCUT2D eigenvalue weighted by Gasteiger charge is -2.48. The molecule has 4 rings (SSSR count). The van der Waals surface area contributed by atoms with Gasteiger partial charge in [0.05, 0.1) is 0 Å². The fraction of sp³-hybridized carbons (Fsp3) is 0.385. The Morgan fingerprint density at radius 3 is 2.72 bits per heavy atom. The highest BCUT2D eigenvalue weighted by atomic mass is 35.5. The van der Waals surface area contributed by atoms with Crippen LogP contribution in [-0.2, 0) is 9.53 Å². The molecular weight excluding hydrogens is 273 g/mol. The third-order valence-electron chi connectivity index (χ3n) is 3.64. The Hall–Kier alpha value is -1.06. The number of benzene rings is 1.